The fraction of sp³-hybridized carbons (Fsp3) is 0.538. The van der Waals surface area contributed by atoms with Gasteiger partial charge in [-0.3, -0.25) is 0 Å². The molecule has 1 aromatic carbocycles. The standard InChI is InChI=1S/C13H18BF3NO2.K/c1-10-3-4-13(12(7-10)14(15,16)17)20-9-11-8-18(2)5-6-19-11;/h3-4,7,11H,5-6,8-9H2,1-2H3;/q-1;+1. The Hall–Kier alpha value is 0.431. The van der Waals surface area contributed by atoms with E-state index in [1.54, 1.807) is 13.0 Å². The zero-order valence-electron chi connectivity index (χ0n) is 12.6. The topological polar surface area (TPSA) is 21.7 Å². The summed E-state index contributed by atoms with van der Waals surface area (Å²) >= 11 is 0. The Morgan fingerprint density at radius 3 is 2.71 bits per heavy atom. The van der Waals surface area contributed by atoms with Crippen molar-refractivity contribution in [2.24, 2.45) is 0 Å². The SMILES string of the molecule is Cc1ccc(OCC2CN(C)CCO2)c([B-](F)(F)F)c1.[K+]. The van der Waals surface area contributed by atoms with Gasteiger partial charge in [0, 0.05) is 13.1 Å². The second-order valence-electron chi connectivity index (χ2n) is 5.18. The van der Waals surface area contributed by atoms with Crippen LogP contribution < -0.4 is 61.6 Å². The van der Waals surface area contributed by atoms with Crippen molar-refractivity contribution in [2.45, 2.75) is 13.0 Å². The quantitative estimate of drug-likeness (QED) is 0.646. The fourth-order valence-corrected chi connectivity index (χ4v) is 2.21. The molecule has 0 aromatic heterocycles. The Morgan fingerprint density at radius 1 is 1.38 bits per heavy atom. The van der Waals surface area contributed by atoms with E-state index in [0.717, 1.165) is 12.6 Å². The van der Waals surface area contributed by atoms with Crippen molar-refractivity contribution in [1.29, 1.82) is 0 Å². The van der Waals surface area contributed by atoms with Gasteiger partial charge in [-0.15, -0.1) is 0 Å². The average Bonchev–Trinajstić information content (AvgIpc) is 2.36. The van der Waals surface area contributed by atoms with Crippen LogP contribution in [0.5, 0.6) is 5.75 Å². The summed E-state index contributed by atoms with van der Waals surface area (Å²) in [6.45, 7) is -1.24. The van der Waals surface area contributed by atoms with E-state index in [9.17, 15) is 12.9 Å². The molecule has 0 amide bonds. The summed E-state index contributed by atoms with van der Waals surface area (Å²) in [6, 6.07) is 4.13. The third kappa shape index (κ3) is 5.85. The van der Waals surface area contributed by atoms with Crippen LogP contribution in [0, 0.1) is 6.92 Å². The predicted molar refractivity (Wildman–Crippen MR) is 72.6 cm³/mol. The van der Waals surface area contributed by atoms with Gasteiger partial charge in [0.1, 0.15) is 12.7 Å². The second-order valence-corrected chi connectivity index (χ2v) is 5.18. The molecule has 21 heavy (non-hydrogen) atoms. The molecule has 1 aliphatic heterocycles. The van der Waals surface area contributed by atoms with Crippen LogP contribution in [0.3, 0.4) is 0 Å². The molecule has 112 valence electrons. The second kappa shape index (κ2) is 8.33. The van der Waals surface area contributed by atoms with Gasteiger partial charge in [0.05, 0.1) is 12.4 Å². The van der Waals surface area contributed by atoms with Gasteiger partial charge in [-0.05, 0) is 20.0 Å². The van der Waals surface area contributed by atoms with Crippen LogP contribution in [-0.2, 0) is 4.74 Å². The monoisotopic (exact) mass is 327 g/mol. The molecule has 8 heteroatoms. The number of rotatable bonds is 4. The van der Waals surface area contributed by atoms with Crippen molar-refractivity contribution < 1.29 is 73.8 Å². The first-order chi connectivity index (χ1) is 9.36. The molecule has 1 atom stereocenters. The van der Waals surface area contributed by atoms with E-state index in [-0.39, 0.29) is 69.8 Å². The fourth-order valence-electron chi connectivity index (χ4n) is 2.21. The van der Waals surface area contributed by atoms with Gasteiger partial charge in [-0.2, -0.15) is 0 Å². The molecular formula is C13H18BF3KNO2. The van der Waals surface area contributed by atoms with Crippen LogP contribution in [0.2, 0.25) is 0 Å². The van der Waals surface area contributed by atoms with Crippen LogP contribution in [0.25, 0.3) is 0 Å². The molecule has 2 rings (SSSR count). The molecular weight excluding hydrogens is 309 g/mol. The molecule has 0 saturated carbocycles. The van der Waals surface area contributed by atoms with Gasteiger partial charge in [0.15, 0.2) is 0 Å². The molecule has 0 bridgehead atoms. The van der Waals surface area contributed by atoms with Gasteiger partial charge in [-0.1, -0.05) is 23.2 Å². The van der Waals surface area contributed by atoms with Crippen LogP contribution >= 0.6 is 0 Å². The van der Waals surface area contributed by atoms with Crippen molar-refractivity contribution >= 4 is 12.4 Å². The maximum Gasteiger partial charge on any atom is 1.00 e. The van der Waals surface area contributed by atoms with Gasteiger partial charge in [-0.25, -0.2) is 0 Å². The zero-order valence-corrected chi connectivity index (χ0v) is 15.7. The smallest absolute Gasteiger partial charge is 0.494 e. The van der Waals surface area contributed by atoms with Gasteiger partial charge >= 0.3 is 58.4 Å². The number of nitrogens with zero attached hydrogens (tertiary/aromatic N) is 1. The normalized spacial score (nSPS) is 20.0. The summed E-state index contributed by atoms with van der Waals surface area (Å²) in [5.41, 5.74) is -0.102. The maximum absolute atomic E-state index is 13.0. The van der Waals surface area contributed by atoms with Crippen molar-refractivity contribution in [3.8, 4) is 5.75 Å². The number of halogens is 3. The Labute approximate surface area is 165 Å². The number of hydrogen-bond acceptors (Lipinski definition) is 3. The number of hydrogen-bond donors (Lipinski definition) is 0. The van der Waals surface area contributed by atoms with E-state index in [1.807, 2.05) is 7.05 Å². The first kappa shape index (κ1) is 19.5. The molecule has 0 radical (unpaired) electrons. The van der Waals surface area contributed by atoms with Crippen LogP contribution in [0.4, 0.5) is 12.9 Å². The first-order valence-corrected chi connectivity index (χ1v) is 6.59. The molecule has 3 nitrogen and oxygen atoms in total. The number of morpholine rings is 1. The summed E-state index contributed by atoms with van der Waals surface area (Å²) < 4.78 is 49.8. The summed E-state index contributed by atoms with van der Waals surface area (Å²) in [5.74, 6) is -0.111. The maximum atomic E-state index is 13.0. The minimum absolute atomic E-state index is 0. The van der Waals surface area contributed by atoms with E-state index in [1.165, 1.54) is 6.07 Å². The molecule has 1 unspecified atom stereocenters. The van der Waals surface area contributed by atoms with Crippen LogP contribution in [-0.4, -0.2) is 51.3 Å². The minimum atomic E-state index is -5.07. The molecule has 1 aromatic rings. The largest absolute Gasteiger partial charge is 1.00 e. The molecule has 1 heterocycles. The van der Waals surface area contributed by atoms with Gasteiger partial charge in [0.25, 0.3) is 0 Å². The average molecular weight is 327 g/mol. The Balaban J connectivity index is 0.00000220. The summed E-state index contributed by atoms with van der Waals surface area (Å²) in [4.78, 5) is 2.07. The Kier molecular flexibility index (Phi) is 7.73. The van der Waals surface area contributed by atoms with E-state index in [2.05, 4.69) is 4.90 Å². The first-order valence-electron chi connectivity index (χ1n) is 6.59. The molecule has 1 saturated heterocycles. The number of ether oxygens (including phenoxy) is 2. The zero-order chi connectivity index (χ0) is 14.8. The minimum Gasteiger partial charge on any atom is -0.494 e. The molecule has 1 aliphatic rings. The van der Waals surface area contributed by atoms with Gasteiger partial charge in [0.2, 0.25) is 0 Å². The van der Waals surface area contributed by atoms with Gasteiger partial charge < -0.3 is 27.3 Å². The van der Waals surface area contributed by atoms with Crippen molar-refractivity contribution in [3.05, 3.63) is 23.8 Å². The van der Waals surface area contributed by atoms with E-state index >= 15 is 0 Å². The van der Waals surface area contributed by atoms with E-state index in [4.69, 9.17) is 9.47 Å². The summed E-state index contributed by atoms with van der Waals surface area (Å²) in [6.07, 6.45) is -0.191. The van der Waals surface area contributed by atoms with E-state index < -0.39 is 12.4 Å². The Bertz CT molecular complexity index is 473. The van der Waals surface area contributed by atoms with Crippen LogP contribution in [0.15, 0.2) is 18.2 Å². The summed E-state index contributed by atoms with van der Waals surface area (Å²) in [5, 5.41) is 0. The molecule has 1 fully saturated rings. The number of aryl methyl sites for hydroxylation is 1. The van der Waals surface area contributed by atoms with Crippen LogP contribution in [0.1, 0.15) is 5.56 Å². The van der Waals surface area contributed by atoms with Crippen molar-refractivity contribution in [1.82, 2.24) is 4.90 Å². The van der Waals surface area contributed by atoms with Crippen molar-refractivity contribution in [2.75, 3.05) is 33.4 Å². The summed E-state index contributed by atoms with van der Waals surface area (Å²) in [7, 11) is 1.95. The molecule has 0 aliphatic carbocycles. The number of benzene rings is 1. The predicted octanol–water partition coefficient (Wildman–Crippen LogP) is -1.24. The third-order valence-corrected chi connectivity index (χ3v) is 3.28. The Morgan fingerprint density at radius 2 is 2.10 bits per heavy atom. The molecule has 0 N–H and O–H groups in total. The third-order valence-electron chi connectivity index (χ3n) is 3.28. The number of likely N-dealkylation sites (N-methyl/N-ethyl adjacent to an activating group) is 1. The molecule has 0 spiro atoms. The van der Waals surface area contributed by atoms with Crippen molar-refractivity contribution in [3.63, 3.8) is 0 Å². The van der Waals surface area contributed by atoms with E-state index in [0.29, 0.717) is 18.7 Å².